The highest BCUT2D eigenvalue weighted by Crippen LogP contribution is 2.34. The lowest BCUT2D eigenvalue weighted by Crippen LogP contribution is -2.36. The number of amides is 3. The summed E-state index contributed by atoms with van der Waals surface area (Å²) in [6.07, 6.45) is -8.40. The number of carbonyl (C=O) groups is 2. The zero-order valence-electron chi connectivity index (χ0n) is 20.6. The number of hydrogen-bond donors (Lipinski definition) is 2. The third-order valence-corrected chi connectivity index (χ3v) is 5.85. The fourth-order valence-corrected chi connectivity index (χ4v) is 4.01. The molecule has 1 aromatic heterocycles. The number of rotatable bonds is 5. The second-order valence-corrected chi connectivity index (χ2v) is 9.51. The molecule has 0 bridgehead atoms. The number of halogens is 6. The van der Waals surface area contributed by atoms with Crippen LogP contribution in [-0.4, -0.2) is 34.0 Å². The number of nitrogens with two attached hydrogens (primary N) is 1. The number of urea groups is 1. The molecule has 3 N–H and O–H groups in total. The molecule has 3 amide bonds. The Hall–Kier alpha value is -4.36. The van der Waals surface area contributed by atoms with Gasteiger partial charge in [0.15, 0.2) is 0 Å². The average Bonchev–Trinajstić information content (AvgIpc) is 3.13. The van der Waals surface area contributed by atoms with Gasteiger partial charge < -0.3 is 16.0 Å². The van der Waals surface area contributed by atoms with Crippen molar-refractivity contribution in [2.24, 2.45) is 0 Å². The highest BCUT2D eigenvalue weighted by molar-refractivity contribution is 6.08. The number of nitrogens with one attached hydrogen (secondary N) is 1. The fourth-order valence-electron chi connectivity index (χ4n) is 4.01. The van der Waals surface area contributed by atoms with Crippen LogP contribution in [-0.2, 0) is 18.9 Å². The first-order valence-corrected chi connectivity index (χ1v) is 11.4. The zero-order chi connectivity index (χ0) is 28.8. The van der Waals surface area contributed by atoms with Gasteiger partial charge in [0.05, 0.1) is 29.8 Å². The van der Waals surface area contributed by atoms with Gasteiger partial charge in [-0.15, -0.1) is 0 Å². The molecule has 4 rings (SSSR count). The number of benzene rings is 2. The van der Waals surface area contributed by atoms with E-state index in [-0.39, 0.29) is 35.1 Å². The van der Waals surface area contributed by atoms with Crippen molar-refractivity contribution in [2.45, 2.75) is 38.3 Å². The van der Waals surface area contributed by atoms with Crippen LogP contribution in [0.15, 0.2) is 54.7 Å². The van der Waals surface area contributed by atoms with E-state index in [1.165, 1.54) is 17.0 Å². The minimum absolute atomic E-state index is 0.00247. The van der Waals surface area contributed by atoms with Gasteiger partial charge in [-0.1, -0.05) is 18.2 Å². The Morgan fingerprint density at radius 1 is 1.05 bits per heavy atom. The van der Waals surface area contributed by atoms with Crippen molar-refractivity contribution >= 4 is 29.4 Å². The Morgan fingerprint density at radius 2 is 1.67 bits per heavy atom. The Kier molecular flexibility index (Phi) is 6.91. The molecule has 0 unspecified atom stereocenters. The summed E-state index contributed by atoms with van der Waals surface area (Å²) in [5.41, 5.74) is 2.81. The van der Waals surface area contributed by atoms with Crippen molar-refractivity contribution in [3.63, 3.8) is 0 Å². The molecular weight excluding hydrogens is 530 g/mol. The van der Waals surface area contributed by atoms with E-state index in [2.05, 4.69) is 15.3 Å². The predicted molar refractivity (Wildman–Crippen MR) is 130 cm³/mol. The molecule has 1 aliphatic rings. The van der Waals surface area contributed by atoms with Gasteiger partial charge >= 0.3 is 18.4 Å². The van der Waals surface area contributed by atoms with Crippen LogP contribution in [0.5, 0.6) is 0 Å². The van der Waals surface area contributed by atoms with Crippen LogP contribution in [0.3, 0.4) is 0 Å². The lowest BCUT2D eigenvalue weighted by molar-refractivity contribution is -0.138. The van der Waals surface area contributed by atoms with Crippen molar-refractivity contribution in [2.75, 3.05) is 22.1 Å². The number of carbonyl (C=O) groups excluding carboxylic acids is 2. The summed E-state index contributed by atoms with van der Waals surface area (Å²) < 4.78 is 80.0. The van der Waals surface area contributed by atoms with E-state index in [0.29, 0.717) is 6.07 Å². The molecule has 206 valence electrons. The largest absolute Gasteiger partial charge is 0.416 e. The molecular formula is C25H22F6N6O2. The molecule has 0 saturated carbocycles. The molecule has 8 nitrogen and oxygen atoms in total. The summed E-state index contributed by atoms with van der Waals surface area (Å²) in [6.45, 7) is 3.22. The van der Waals surface area contributed by atoms with Crippen molar-refractivity contribution < 1.29 is 35.9 Å². The standard InChI is InChI=1S/C25H22F6N6O2/c1-23(2)13-37(22(39)35-23)21-33-11-18(19(32)34-21)20(38)36(17-8-4-7-16(10-17)25(29,30)31)12-14-5-3-6-15(9-14)24(26,27)28/h3-11H,12-13H2,1-2H3,(H,35,39)(H2,32,33,34). The van der Waals surface area contributed by atoms with E-state index in [0.717, 1.165) is 41.4 Å². The molecule has 39 heavy (non-hydrogen) atoms. The van der Waals surface area contributed by atoms with Crippen molar-refractivity contribution in [1.82, 2.24) is 15.3 Å². The lowest BCUT2D eigenvalue weighted by atomic mass is 10.1. The topological polar surface area (TPSA) is 104 Å². The number of hydrogen-bond acceptors (Lipinski definition) is 5. The summed E-state index contributed by atoms with van der Waals surface area (Å²) in [4.78, 5) is 36.0. The molecule has 2 heterocycles. The Balaban J connectivity index is 1.74. The maximum atomic E-state index is 13.6. The van der Waals surface area contributed by atoms with Crippen LogP contribution in [0.25, 0.3) is 0 Å². The predicted octanol–water partition coefficient (Wildman–Crippen LogP) is 5.25. The number of nitrogens with zero attached hydrogens (tertiary/aromatic N) is 4. The first-order chi connectivity index (χ1) is 18.0. The zero-order valence-corrected chi connectivity index (χ0v) is 20.6. The highest BCUT2D eigenvalue weighted by Gasteiger charge is 2.38. The number of anilines is 3. The van der Waals surface area contributed by atoms with E-state index < -0.39 is 47.5 Å². The lowest BCUT2D eigenvalue weighted by Gasteiger charge is -2.25. The van der Waals surface area contributed by atoms with Gasteiger partial charge in [-0.05, 0) is 49.7 Å². The van der Waals surface area contributed by atoms with Crippen molar-refractivity contribution in [3.8, 4) is 0 Å². The maximum Gasteiger partial charge on any atom is 0.416 e. The van der Waals surface area contributed by atoms with E-state index in [9.17, 15) is 35.9 Å². The smallest absolute Gasteiger partial charge is 0.383 e. The van der Waals surface area contributed by atoms with Gasteiger partial charge in [0.25, 0.3) is 5.91 Å². The summed E-state index contributed by atoms with van der Waals surface area (Å²) in [5.74, 6) is -1.43. The Labute approximate surface area is 218 Å². The average molecular weight is 552 g/mol. The van der Waals surface area contributed by atoms with Gasteiger partial charge in [-0.25, -0.2) is 9.78 Å². The van der Waals surface area contributed by atoms with E-state index in [1.54, 1.807) is 13.8 Å². The highest BCUT2D eigenvalue weighted by atomic mass is 19.4. The van der Waals surface area contributed by atoms with E-state index >= 15 is 0 Å². The van der Waals surface area contributed by atoms with Gasteiger partial charge in [-0.2, -0.15) is 31.3 Å². The van der Waals surface area contributed by atoms with E-state index in [4.69, 9.17) is 5.73 Å². The van der Waals surface area contributed by atoms with Gasteiger partial charge in [0, 0.05) is 11.9 Å². The number of aromatic nitrogens is 2. The van der Waals surface area contributed by atoms with Gasteiger partial charge in [0.1, 0.15) is 11.4 Å². The van der Waals surface area contributed by atoms with Crippen LogP contribution in [0.4, 0.5) is 48.6 Å². The van der Waals surface area contributed by atoms with Gasteiger partial charge in [0.2, 0.25) is 5.95 Å². The number of alkyl halides is 6. The fraction of sp³-hybridized carbons (Fsp3) is 0.280. The van der Waals surface area contributed by atoms with Gasteiger partial charge in [-0.3, -0.25) is 9.69 Å². The van der Waals surface area contributed by atoms with Crippen molar-refractivity contribution in [3.05, 3.63) is 77.0 Å². The summed E-state index contributed by atoms with van der Waals surface area (Å²) in [6, 6.07) is 7.35. The maximum absolute atomic E-state index is 13.6. The molecule has 1 saturated heterocycles. The molecule has 3 aromatic rings. The molecule has 0 atom stereocenters. The Bertz CT molecular complexity index is 1420. The van der Waals surface area contributed by atoms with Crippen molar-refractivity contribution in [1.29, 1.82) is 0 Å². The summed E-state index contributed by atoms with van der Waals surface area (Å²) in [5, 5.41) is 2.72. The molecule has 2 aromatic carbocycles. The minimum Gasteiger partial charge on any atom is -0.383 e. The monoisotopic (exact) mass is 552 g/mol. The molecule has 0 radical (unpaired) electrons. The van der Waals surface area contributed by atoms with E-state index in [1.807, 2.05) is 0 Å². The number of nitrogen functional groups attached to an aromatic ring is 1. The Morgan fingerprint density at radius 3 is 2.23 bits per heavy atom. The molecule has 1 fully saturated rings. The third kappa shape index (κ3) is 6.04. The quantitative estimate of drug-likeness (QED) is 0.421. The molecule has 0 aliphatic carbocycles. The SMILES string of the molecule is CC1(C)CN(c2ncc(C(=O)N(Cc3cccc(C(F)(F)F)c3)c3cccc(C(F)(F)F)c3)c(N)n2)C(=O)N1. The molecule has 0 spiro atoms. The molecule has 14 heteroatoms. The second-order valence-electron chi connectivity index (χ2n) is 9.51. The first kappa shape index (κ1) is 27.7. The third-order valence-electron chi connectivity index (χ3n) is 5.85. The van der Waals surface area contributed by atoms with Crippen LogP contribution in [0, 0.1) is 0 Å². The van der Waals surface area contributed by atoms with Crippen LogP contribution in [0.2, 0.25) is 0 Å². The molecule has 1 aliphatic heterocycles. The first-order valence-electron chi connectivity index (χ1n) is 11.4. The summed E-state index contributed by atoms with van der Waals surface area (Å²) >= 11 is 0. The minimum atomic E-state index is -4.74. The van der Waals surface area contributed by atoms with Crippen LogP contribution in [0.1, 0.15) is 40.9 Å². The van der Waals surface area contributed by atoms with Crippen LogP contribution < -0.4 is 20.9 Å². The second kappa shape index (κ2) is 9.75. The normalized spacial score (nSPS) is 15.3. The summed E-state index contributed by atoms with van der Waals surface area (Å²) in [7, 11) is 0. The van der Waals surface area contributed by atoms with Crippen LogP contribution >= 0.6 is 0 Å².